The third-order valence-corrected chi connectivity index (χ3v) is 10.6. The molecule has 0 saturated carbocycles. The summed E-state index contributed by atoms with van der Waals surface area (Å²) in [6.07, 6.45) is -20.7. The van der Waals surface area contributed by atoms with Crippen LogP contribution in [0.5, 0.6) is 0 Å². The second-order valence-corrected chi connectivity index (χ2v) is 15.5. The molecule has 3 heterocycles. The molecule has 3 saturated heterocycles. The molecular weight excluding hydrogens is 850 g/mol. The molecule has 26 nitrogen and oxygen atoms in total. The van der Waals surface area contributed by atoms with Crippen molar-refractivity contribution in [1.29, 1.82) is 0 Å². The van der Waals surface area contributed by atoms with Crippen molar-refractivity contribution in [2.24, 2.45) is 0 Å². The normalized spacial score (nSPS) is 34.0. The lowest BCUT2D eigenvalue weighted by molar-refractivity contribution is -0.304. The number of carbonyl (C=O) groups is 4. The molecule has 4 amide bonds. The van der Waals surface area contributed by atoms with Gasteiger partial charge in [-0.25, -0.2) is 0 Å². The van der Waals surface area contributed by atoms with Gasteiger partial charge >= 0.3 is 0 Å². The van der Waals surface area contributed by atoms with E-state index in [1.54, 1.807) is 0 Å². The van der Waals surface area contributed by atoms with Crippen molar-refractivity contribution in [3.8, 4) is 0 Å². The third kappa shape index (κ3) is 17.2. The number of hydrogen-bond acceptors (Lipinski definition) is 22. The minimum absolute atomic E-state index is 0.116. The highest BCUT2D eigenvalue weighted by Crippen LogP contribution is 2.24. The van der Waals surface area contributed by atoms with Gasteiger partial charge in [-0.2, -0.15) is 0 Å². The van der Waals surface area contributed by atoms with Crippen LogP contribution >= 0.6 is 0 Å². The number of amides is 4. The molecule has 16 atom stereocenters. The topological polar surface area (TPSA) is 398 Å². The van der Waals surface area contributed by atoms with E-state index in [-0.39, 0.29) is 38.6 Å². The number of nitrogens with zero attached hydrogens (tertiary/aromatic N) is 1. The van der Waals surface area contributed by atoms with Crippen LogP contribution in [0, 0.1) is 0 Å². The van der Waals surface area contributed by atoms with E-state index in [2.05, 4.69) is 21.3 Å². The molecule has 0 aliphatic carbocycles. The van der Waals surface area contributed by atoms with Crippen LogP contribution < -0.4 is 21.3 Å². The number of hydrogen-bond donors (Lipinski definition) is 15. The van der Waals surface area contributed by atoms with Gasteiger partial charge in [0.2, 0.25) is 23.6 Å². The van der Waals surface area contributed by atoms with Crippen LogP contribution in [-0.2, 0) is 47.6 Å². The van der Waals surface area contributed by atoms with E-state index in [9.17, 15) is 75.3 Å². The van der Waals surface area contributed by atoms with Crippen LogP contribution in [0.15, 0.2) is 0 Å². The number of aliphatic hydroxyl groups excluding tert-OH is 11. The van der Waals surface area contributed by atoms with Gasteiger partial charge in [-0.3, -0.25) is 24.1 Å². The first-order valence-corrected chi connectivity index (χ1v) is 20.8. The molecule has 0 bridgehead atoms. The van der Waals surface area contributed by atoms with Crippen molar-refractivity contribution in [3.63, 3.8) is 0 Å². The zero-order valence-corrected chi connectivity index (χ0v) is 35.3. The predicted octanol–water partition coefficient (Wildman–Crippen LogP) is -8.82. The maximum absolute atomic E-state index is 13.6. The Morgan fingerprint density at radius 1 is 0.571 bits per heavy atom. The van der Waals surface area contributed by atoms with Crippen molar-refractivity contribution < 1.29 is 104 Å². The Labute approximate surface area is 363 Å². The Morgan fingerprint density at radius 3 is 1.62 bits per heavy atom. The van der Waals surface area contributed by atoms with Crippen LogP contribution in [0.4, 0.5) is 0 Å². The second kappa shape index (κ2) is 27.6. The van der Waals surface area contributed by atoms with Gasteiger partial charge in [-0.05, 0) is 26.2 Å². The third-order valence-electron chi connectivity index (χ3n) is 10.6. The van der Waals surface area contributed by atoms with Crippen LogP contribution in [0.3, 0.4) is 0 Å². The molecule has 3 aliphatic heterocycles. The first kappa shape index (κ1) is 54.5. The van der Waals surface area contributed by atoms with Crippen molar-refractivity contribution in [1.82, 2.24) is 26.2 Å². The summed E-state index contributed by atoms with van der Waals surface area (Å²) in [5.41, 5.74) is 0. The molecule has 366 valence electrons. The molecule has 0 aromatic heterocycles. The molecule has 1 unspecified atom stereocenters. The van der Waals surface area contributed by atoms with E-state index < -0.39 is 155 Å². The minimum atomic E-state index is -1.79. The Kier molecular flexibility index (Phi) is 23.9. The fourth-order valence-corrected chi connectivity index (χ4v) is 6.76. The van der Waals surface area contributed by atoms with Crippen molar-refractivity contribution in [3.05, 3.63) is 0 Å². The fourth-order valence-electron chi connectivity index (χ4n) is 6.76. The maximum Gasteiger partial charge on any atom is 0.234 e. The average molecular weight is 918 g/mol. The quantitative estimate of drug-likeness (QED) is 0.0358. The number of aliphatic hydroxyl groups is 11. The van der Waals surface area contributed by atoms with E-state index >= 15 is 0 Å². The molecule has 3 aliphatic rings. The highest BCUT2D eigenvalue weighted by molar-refractivity contribution is 5.84. The van der Waals surface area contributed by atoms with Gasteiger partial charge in [0.1, 0.15) is 67.1 Å². The summed E-state index contributed by atoms with van der Waals surface area (Å²) in [6.45, 7) is -2.38. The smallest absolute Gasteiger partial charge is 0.234 e. The molecule has 63 heavy (non-hydrogen) atoms. The molecule has 26 heteroatoms. The summed E-state index contributed by atoms with van der Waals surface area (Å²) in [5, 5.41) is 121. The SMILES string of the molecule is CNC(=O)CCCCCNC(=O)CN(CC(=O)NCCO[C@@H]1O[C@@H](C)[C@@H](O)[C@@H](O)[C@@H]1O)CC(=O)NC(CCO[C@H]1O[C@H](CO)[C@@H](O)[C@H](O)[C@@H]1O)CO[C@H]1O[C@H](CO)[C@@H](O)[C@H](O)[C@@H]1O. The van der Waals surface area contributed by atoms with E-state index in [1.165, 1.54) is 18.9 Å². The zero-order valence-electron chi connectivity index (χ0n) is 35.3. The van der Waals surface area contributed by atoms with E-state index in [1.807, 2.05) is 0 Å². The van der Waals surface area contributed by atoms with Crippen LogP contribution in [-0.4, -0.2) is 256 Å². The van der Waals surface area contributed by atoms with E-state index in [0.29, 0.717) is 25.7 Å². The van der Waals surface area contributed by atoms with E-state index in [4.69, 9.17) is 28.4 Å². The van der Waals surface area contributed by atoms with Crippen LogP contribution in [0.1, 0.15) is 39.0 Å². The van der Waals surface area contributed by atoms with Crippen LogP contribution in [0.25, 0.3) is 0 Å². The lowest BCUT2D eigenvalue weighted by atomic mass is 9.99. The van der Waals surface area contributed by atoms with Crippen molar-refractivity contribution >= 4 is 23.6 Å². The van der Waals surface area contributed by atoms with Crippen molar-refractivity contribution in [2.45, 2.75) is 137 Å². The number of rotatable bonds is 26. The lowest BCUT2D eigenvalue weighted by Gasteiger charge is -2.40. The highest BCUT2D eigenvalue weighted by atomic mass is 16.7. The second-order valence-electron chi connectivity index (χ2n) is 15.5. The van der Waals surface area contributed by atoms with Gasteiger partial charge in [0.25, 0.3) is 0 Å². The lowest BCUT2D eigenvalue weighted by Crippen LogP contribution is -2.60. The minimum Gasteiger partial charge on any atom is -0.394 e. The fraction of sp³-hybridized carbons (Fsp3) is 0.892. The average Bonchev–Trinajstić information content (AvgIpc) is 3.25. The summed E-state index contributed by atoms with van der Waals surface area (Å²) in [7, 11) is 1.53. The summed E-state index contributed by atoms with van der Waals surface area (Å²) in [6, 6.07) is -1.05. The Bertz CT molecular complexity index is 1390. The molecule has 0 aromatic rings. The number of ether oxygens (including phenoxy) is 6. The Morgan fingerprint density at radius 2 is 1.06 bits per heavy atom. The Balaban J connectivity index is 1.67. The number of unbranched alkanes of at least 4 members (excludes halogenated alkanes) is 2. The molecule has 0 radical (unpaired) electrons. The monoisotopic (exact) mass is 917 g/mol. The predicted molar refractivity (Wildman–Crippen MR) is 209 cm³/mol. The van der Waals surface area contributed by atoms with Gasteiger partial charge in [0.15, 0.2) is 18.9 Å². The molecule has 0 spiro atoms. The summed E-state index contributed by atoms with van der Waals surface area (Å²) < 4.78 is 32.8. The summed E-state index contributed by atoms with van der Waals surface area (Å²) >= 11 is 0. The van der Waals surface area contributed by atoms with Crippen LogP contribution in [0.2, 0.25) is 0 Å². The Hall–Kier alpha value is -2.84. The van der Waals surface area contributed by atoms with E-state index in [0.717, 1.165) is 0 Å². The molecule has 0 aromatic carbocycles. The summed E-state index contributed by atoms with van der Waals surface area (Å²) in [4.78, 5) is 52.3. The van der Waals surface area contributed by atoms with Gasteiger partial charge in [0, 0.05) is 26.6 Å². The molecule has 15 N–H and O–H groups in total. The zero-order chi connectivity index (χ0) is 46.8. The first-order valence-electron chi connectivity index (χ1n) is 20.8. The number of nitrogens with one attached hydrogen (secondary N) is 4. The maximum atomic E-state index is 13.6. The van der Waals surface area contributed by atoms with Gasteiger partial charge < -0.3 is 106 Å². The number of carbonyl (C=O) groups excluding carboxylic acids is 4. The molecule has 3 fully saturated rings. The highest BCUT2D eigenvalue weighted by Gasteiger charge is 2.46. The standard InChI is InChI=1S/C37H67N5O21/c1-18-26(49)29(52)32(55)35(61-18)59-11-9-40-24(47)13-42(12-23(46)39-8-5-3-4-6-22(45)38-2)14-25(48)41-19(17-60-37-34(57)31(54)28(51)21(16-44)63-37)7-10-58-36-33(56)30(53)27(50)20(15-43)62-36/h18-21,26-37,43-44,49-57H,3-17H2,1-2H3,(H,38,45)(H,39,46)(H,40,47)(H,41,48)/t18-,19?,20+,21+,26+,27+,28+,29+,30-,31-,32-,33-,34-,35+,36-,37-/m0/s1. The van der Waals surface area contributed by atoms with Gasteiger partial charge in [-0.1, -0.05) is 6.42 Å². The summed E-state index contributed by atoms with van der Waals surface area (Å²) in [5.74, 6) is -2.08. The largest absolute Gasteiger partial charge is 0.394 e. The molecule has 3 rings (SSSR count). The van der Waals surface area contributed by atoms with Gasteiger partial charge in [-0.15, -0.1) is 0 Å². The van der Waals surface area contributed by atoms with Gasteiger partial charge in [0.05, 0.1) is 64.8 Å². The van der Waals surface area contributed by atoms with Crippen molar-refractivity contribution in [2.75, 3.05) is 72.8 Å². The first-order chi connectivity index (χ1) is 29.9. The molecular formula is C37H67N5O21.